The number of primary amides is 2. The van der Waals surface area contributed by atoms with Crippen molar-refractivity contribution in [2.75, 3.05) is 6.54 Å². The fraction of sp³-hybridized carbons (Fsp3) is 0.692. The van der Waals surface area contributed by atoms with Gasteiger partial charge in [0.2, 0.25) is 11.8 Å². The van der Waals surface area contributed by atoms with Crippen LogP contribution in [0.4, 0.5) is 4.79 Å². The molecule has 21 heavy (non-hydrogen) atoms. The summed E-state index contributed by atoms with van der Waals surface area (Å²) in [6.07, 6.45) is 2.45. The highest BCUT2D eigenvalue weighted by Crippen LogP contribution is 2.40. The Balaban J connectivity index is 2.54. The van der Waals surface area contributed by atoms with Gasteiger partial charge in [-0.25, -0.2) is 4.79 Å². The first-order chi connectivity index (χ1) is 9.79. The van der Waals surface area contributed by atoms with E-state index in [2.05, 4.69) is 10.6 Å². The normalized spacial score (nSPS) is 17.2. The van der Waals surface area contributed by atoms with Gasteiger partial charge < -0.3 is 22.1 Å². The highest BCUT2D eigenvalue weighted by Gasteiger charge is 2.50. The zero-order chi connectivity index (χ0) is 16.0. The second kappa shape index (κ2) is 7.05. The first-order valence-corrected chi connectivity index (χ1v) is 6.94. The van der Waals surface area contributed by atoms with Crippen LogP contribution >= 0.6 is 0 Å². The van der Waals surface area contributed by atoms with Gasteiger partial charge in [0.15, 0.2) is 5.78 Å². The molecule has 0 heterocycles. The number of nitrogens with two attached hydrogens (primary N) is 2. The summed E-state index contributed by atoms with van der Waals surface area (Å²) in [7, 11) is 0. The first kappa shape index (κ1) is 16.9. The van der Waals surface area contributed by atoms with Gasteiger partial charge in [0.1, 0.15) is 5.41 Å². The van der Waals surface area contributed by atoms with Crippen LogP contribution in [-0.4, -0.2) is 36.2 Å². The Labute approximate surface area is 123 Å². The molecule has 8 heteroatoms. The Morgan fingerprint density at radius 3 is 2.19 bits per heavy atom. The molecule has 0 spiro atoms. The number of Topliss-reactive ketones (excluding diaryl/α,β-unsaturated/α-hetero) is 1. The van der Waals surface area contributed by atoms with Crippen LogP contribution in [0.15, 0.2) is 0 Å². The second-order valence-electron chi connectivity index (χ2n) is 5.37. The van der Waals surface area contributed by atoms with Crippen LogP contribution in [0.5, 0.6) is 0 Å². The van der Waals surface area contributed by atoms with Crippen molar-refractivity contribution in [3.05, 3.63) is 0 Å². The van der Waals surface area contributed by atoms with Gasteiger partial charge in [-0.3, -0.25) is 14.4 Å². The molecule has 1 aliphatic rings. The lowest BCUT2D eigenvalue weighted by Crippen LogP contribution is -2.56. The Morgan fingerprint density at radius 1 is 1.19 bits per heavy atom. The number of hydrogen-bond acceptors (Lipinski definition) is 4. The molecule has 1 rings (SSSR count). The van der Waals surface area contributed by atoms with Crippen LogP contribution in [0.2, 0.25) is 0 Å². The molecule has 1 unspecified atom stereocenters. The first-order valence-electron chi connectivity index (χ1n) is 6.94. The molecule has 1 saturated carbocycles. The van der Waals surface area contributed by atoms with Gasteiger partial charge in [0, 0.05) is 6.54 Å². The molecule has 0 aromatic carbocycles. The van der Waals surface area contributed by atoms with Crippen molar-refractivity contribution in [3.8, 4) is 0 Å². The molecular weight excluding hydrogens is 276 g/mol. The van der Waals surface area contributed by atoms with Crippen molar-refractivity contribution in [2.24, 2.45) is 16.9 Å². The van der Waals surface area contributed by atoms with Gasteiger partial charge in [0.25, 0.3) is 0 Å². The third kappa shape index (κ3) is 4.17. The monoisotopic (exact) mass is 298 g/mol. The van der Waals surface area contributed by atoms with Crippen LogP contribution in [-0.2, 0) is 14.4 Å². The number of urea groups is 1. The van der Waals surface area contributed by atoms with Crippen molar-refractivity contribution in [2.45, 2.75) is 45.1 Å². The van der Waals surface area contributed by atoms with E-state index in [1.807, 2.05) is 0 Å². The third-order valence-corrected chi connectivity index (χ3v) is 3.88. The predicted octanol–water partition coefficient (Wildman–Crippen LogP) is -0.836. The highest BCUT2D eigenvalue weighted by molar-refractivity contribution is 6.06. The van der Waals surface area contributed by atoms with Gasteiger partial charge >= 0.3 is 6.03 Å². The number of hydrogen-bond donors (Lipinski definition) is 4. The minimum absolute atomic E-state index is 0.207. The van der Waals surface area contributed by atoms with Crippen molar-refractivity contribution in [1.82, 2.24) is 10.6 Å². The quantitative estimate of drug-likeness (QED) is 0.342. The molecule has 0 aromatic heterocycles. The minimum Gasteiger partial charge on any atom is -0.369 e. The summed E-state index contributed by atoms with van der Waals surface area (Å²) in [6.45, 7) is 1.68. The van der Waals surface area contributed by atoms with Crippen LogP contribution in [0.25, 0.3) is 0 Å². The Kier molecular flexibility index (Phi) is 5.69. The molecule has 0 aromatic rings. The van der Waals surface area contributed by atoms with E-state index in [1.165, 1.54) is 6.92 Å². The lowest BCUT2D eigenvalue weighted by Gasteiger charge is -2.37. The number of carbonyl (C=O) groups is 4. The van der Waals surface area contributed by atoms with Crippen molar-refractivity contribution >= 4 is 23.6 Å². The van der Waals surface area contributed by atoms with Crippen LogP contribution in [0, 0.1) is 5.41 Å². The van der Waals surface area contributed by atoms with Gasteiger partial charge in [0.05, 0.1) is 6.04 Å². The number of ketones is 1. The fourth-order valence-electron chi connectivity index (χ4n) is 2.31. The summed E-state index contributed by atoms with van der Waals surface area (Å²) in [5, 5.41) is 5.00. The number of carbonyl (C=O) groups excluding carboxylic acids is 4. The Hall–Kier alpha value is -2.12. The summed E-state index contributed by atoms with van der Waals surface area (Å²) >= 11 is 0. The molecule has 1 aliphatic carbocycles. The second-order valence-corrected chi connectivity index (χ2v) is 5.37. The van der Waals surface area contributed by atoms with Gasteiger partial charge in [-0.05, 0) is 32.6 Å². The van der Waals surface area contributed by atoms with E-state index in [-0.39, 0.29) is 5.78 Å². The van der Waals surface area contributed by atoms with Crippen LogP contribution < -0.4 is 22.1 Å². The molecule has 0 radical (unpaired) electrons. The van der Waals surface area contributed by atoms with Crippen LogP contribution in [0.1, 0.15) is 39.0 Å². The van der Waals surface area contributed by atoms with Crippen LogP contribution in [0.3, 0.4) is 0 Å². The molecule has 1 fully saturated rings. The van der Waals surface area contributed by atoms with Gasteiger partial charge in [-0.15, -0.1) is 0 Å². The summed E-state index contributed by atoms with van der Waals surface area (Å²) in [4.78, 5) is 45.7. The summed E-state index contributed by atoms with van der Waals surface area (Å²) in [5.41, 5.74) is 9.05. The zero-order valence-electron chi connectivity index (χ0n) is 12.1. The molecule has 4 amide bonds. The maximum Gasteiger partial charge on any atom is 0.312 e. The van der Waals surface area contributed by atoms with Crippen molar-refractivity contribution in [1.29, 1.82) is 0 Å². The van der Waals surface area contributed by atoms with E-state index >= 15 is 0 Å². The molecule has 118 valence electrons. The molecule has 1 atom stereocenters. The summed E-state index contributed by atoms with van der Waals surface area (Å²) < 4.78 is 0. The predicted molar refractivity (Wildman–Crippen MR) is 74.9 cm³/mol. The molecule has 8 nitrogen and oxygen atoms in total. The number of amides is 4. The van der Waals surface area contributed by atoms with E-state index in [9.17, 15) is 19.2 Å². The van der Waals surface area contributed by atoms with Gasteiger partial charge in [-0.1, -0.05) is 6.42 Å². The summed E-state index contributed by atoms with van der Waals surface area (Å²) in [6, 6.07) is -1.33. The minimum atomic E-state index is -1.17. The Morgan fingerprint density at radius 2 is 1.81 bits per heavy atom. The van der Waals surface area contributed by atoms with E-state index < -0.39 is 29.3 Å². The summed E-state index contributed by atoms with van der Waals surface area (Å²) in [5.74, 6) is -1.34. The Bertz CT molecular complexity index is 445. The standard InChI is InChI=1S/C13H22N4O4/c1-8(18)9(4-2-7-16-12(15)21)17-11(20)13(10(14)19)5-3-6-13/h9H,2-7H2,1H3,(H2,14,19)(H,17,20)(H3,15,16,21). The maximum atomic E-state index is 12.2. The zero-order valence-corrected chi connectivity index (χ0v) is 12.1. The van der Waals surface area contributed by atoms with E-state index in [4.69, 9.17) is 11.5 Å². The lowest BCUT2D eigenvalue weighted by molar-refractivity contribution is -0.149. The molecule has 6 N–H and O–H groups in total. The lowest BCUT2D eigenvalue weighted by atomic mass is 9.67. The van der Waals surface area contributed by atoms with Crippen molar-refractivity contribution < 1.29 is 19.2 Å². The largest absolute Gasteiger partial charge is 0.369 e. The highest BCUT2D eigenvalue weighted by atomic mass is 16.2. The van der Waals surface area contributed by atoms with E-state index in [1.54, 1.807) is 0 Å². The average molecular weight is 298 g/mol. The smallest absolute Gasteiger partial charge is 0.312 e. The maximum absolute atomic E-state index is 12.2. The SMILES string of the molecule is CC(=O)C(CCCNC(N)=O)NC(=O)C1(C(N)=O)CCC1. The van der Waals surface area contributed by atoms with E-state index in [0.717, 1.165) is 6.42 Å². The average Bonchev–Trinajstić information content (AvgIpc) is 2.30. The number of nitrogens with one attached hydrogen (secondary N) is 2. The third-order valence-electron chi connectivity index (χ3n) is 3.88. The molecular formula is C13H22N4O4. The van der Waals surface area contributed by atoms with Crippen molar-refractivity contribution in [3.63, 3.8) is 0 Å². The molecule has 0 saturated heterocycles. The number of rotatable bonds is 8. The topological polar surface area (TPSA) is 144 Å². The molecule has 0 bridgehead atoms. The fourth-order valence-corrected chi connectivity index (χ4v) is 2.31. The van der Waals surface area contributed by atoms with Gasteiger partial charge in [-0.2, -0.15) is 0 Å². The molecule has 0 aliphatic heterocycles. The van der Waals surface area contributed by atoms with E-state index in [0.29, 0.717) is 32.2 Å².